The fraction of sp³-hybridized carbons (Fsp3) is 0.680. The van der Waals surface area contributed by atoms with E-state index in [9.17, 15) is 9.59 Å². The normalized spacial score (nSPS) is 10.8. The van der Waals surface area contributed by atoms with E-state index >= 15 is 0 Å². The van der Waals surface area contributed by atoms with Crippen molar-refractivity contribution in [2.24, 2.45) is 0 Å². The molecule has 29 heavy (non-hydrogen) atoms. The lowest BCUT2D eigenvalue weighted by molar-refractivity contribution is -0.116. The first-order valence-corrected chi connectivity index (χ1v) is 12.1. The summed E-state index contributed by atoms with van der Waals surface area (Å²) >= 11 is 5.41. The van der Waals surface area contributed by atoms with Gasteiger partial charge < -0.3 is 5.32 Å². The number of carbonyl (C=O) groups is 2. The second-order valence-electron chi connectivity index (χ2n) is 8.10. The predicted octanol–water partition coefficient (Wildman–Crippen LogP) is 8.27. The summed E-state index contributed by atoms with van der Waals surface area (Å²) in [7, 11) is 0. The van der Waals surface area contributed by atoms with Crippen molar-refractivity contribution >= 4 is 28.4 Å². The van der Waals surface area contributed by atoms with Crippen LogP contribution in [0.5, 0.6) is 0 Å². The van der Waals surface area contributed by atoms with Crippen molar-refractivity contribution in [3.05, 3.63) is 29.8 Å². The van der Waals surface area contributed by atoms with Crippen LogP contribution < -0.4 is 5.32 Å². The minimum Gasteiger partial charge on any atom is -0.326 e. The largest absolute Gasteiger partial charge is 0.326 e. The van der Waals surface area contributed by atoms with Crippen LogP contribution in [-0.2, 0) is 4.79 Å². The molecule has 0 radical (unpaired) electrons. The van der Waals surface area contributed by atoms with Crippen molar-refractivity contribution in [3.63, 3.8) is 0 Å². The first-order valence-electron chi connectivity index (χ1n) is 11.7. The second kappa shape index (κ2) is 17.5. The van der Waals surface area contributed by atoms with Gasteiger partial charge in [0.05, 0.1) is 0 Å². The Labute approximate surface area is 183 Å². The molecule has 4 heteroatoms. The Morgan fingerprint density at radius 1 is 0.690 bits per heavy atom. The minimum atomic E-state index is -0.485. The SMILES string of the molecule is CCCCCCCCCCCCCCCCCC(=O)Nc1ccc(C(=O)Cl)cc1. The Kier molecular flexibility index (Phi) is 15.5. The first-order chi connectivity index (χ1) is 14.1. The maximum atomic E-state index is 12.0. The smallest absolute Gasteiger partial charge is 0.252 e. The van der Waals surface area contributed by atoms with E-state index in [0.29, 0.717) is 17.7 Å². The highest BCUT2D eigenvalue weighted by molar-refractivity contribution is 6.67. The van der Waals surface area contributed by atoms with Gasteiger partial charge in [-0.3, -0.25) is 9.59 Å². The van der Waals surface area contributed by atoms with Crippen LogP contribution in [0, 0.1) is 0 Å². The van der Waals surface area contributed by atoms with Gasteiger partial charge in [-0.2, -0.15) is 0 Å². The zero-order valence-electron chi connectivity index (χ0n) is 18.3. The molecule has 0 saturated carbocycles. The van der Waals surface area contributed by atoms with Crippen LogP contribution in [0.1, 0.15) is 120 Å². The lowest BCUT2D eigenvalue weighted by Crippen LogP contribution is -2.11. The quantitative estimate of drug-likeness (QED) is 0.191. The molecule has 0 saturated heterocycles. The number of benzene rings is 1. The van der Waals surface area contributed by atoms with Crippen molar-refractivity contribution < 1.29 is 9.59 Å². The summed E-state index contributed by atoms with van der Waals surface area (Å²) in [5, 5.41) is 2.38. The zero-order chi connectivity index (χ0) is 21.2. The molecule has 1 rings (SSSR count). The highest BCUT2D eigenvalue weighted by Crippen LogP contribution is 2.15. The average molecular weight is 422 g/mol. The number of carbonyl (C=O) groups excluding carboxylic acids is 2. The molecule has 1 aromatic carbocycles. The molecule has 0 fully saturated rings. The van der Waals surface area contributed by atoms with Crippen LogP contribution in [0.3, 0.4) is 0 Å². The molecule has 1 amide bonds. The predicted molar refractivity (Wildman–Crippen MR) is 125 cm³/mol. The number of unbranched alkanes of at least 4 members (excludes halogenated alkanes) is 14. The molecule has 1 N–H and O–H groups in total. The van der Waals surface area contributed by atoms with Crippen molar-refractivity contribution in [3.8, 4) is 0 Å². The van der Waals surface area contributed by atoms with Crippen molar-refractivity contribution in [2.75, 3.05) is 5.32 Å². The molecule has 1 aromatic rings. The highest BCUT2D eigenvalue weighted by atomic mass is 35.5. The van der Waals surface area contributed by atoms with Gasteiger partial charge in [-0.1, -0.05) is 96.8 Å². The number of nitrogens with one attached hydrogen (secondary N) is 1. The standard InChI is InChI=1S/C25H40ClNO2/c1-2-3-4-5-6-7-8-9-10-11-12-13-14-15-16-17-24(28)27-23-20-18-22(19-21-23)25(26)29/h18-21H,2-17H2,1H3,(H,27,28). The Bertz CT molecular complexity index is 556. The van der Waals surface area contributed by atoms with Crippen LogP contribution in [0.25, 0.3) is 0 Å². The van der Waals surface area contributed by atoms with Crippen molar-refractivity contribution in [1.29, 1.82) is 0 Å². The number of hydrogen-bond acceptors (Lipinski definition) is 2. The Morgan fingerprint density at radius 3 is 1.52 bits per heavy atom. The van der Waals surface area contributed by atoms with Crippen LogP contribution in [0.4, 0.5) is 5.69 Å². The molecule has 0 aliphatic heterocycles. The highest BCUT2D eigenvalue weighted by Gasteiger charge is 2.04. The molecule has 0 heterocycles. The fourth-order valence-electron chi connectivity index (χ4n) is 3.56. The summed E-state index contributed by atoms with van der Waals surface area (Å²) in [6.07, 6.45) is 20.4. The molecule has 0 bridgehead atoms. The summed E-state index contributed by atoms with van der Waals surface area (Å²) in [5.41, 5.74) is 1.14. The molecule has 0 aliphatic rings. The van der Waals surface area contributed by atoms with Crippen LogP contribution >= 0.6 is 11.6 Å². The fourth-order valence-corrected chi connectivity index (χ4v) is 3.69. The van der Waals surface area contributed by atoms with E-state index < -0.39 is 5.24 Å². The van der Waals surface area contributed by atoms with Gasteiger partial charge in [-0.05, 0) is 42.3 Å². The van der Waals surface area contributed by atoms with Crippen molar-refractivity contribution in [1.82, 2.24) is 0 Å². The maximum absolute atomic E-state index is 12.0. The molecule has 0 aromatic heterocycles. The third-order valence-electron chi connectivity index (χ3n) is 5.40. The van der Waals surface area contributed by atoms with Gasteiger partial charge in [0.2, 0.25) is 5.91 Å². The van der Waals surface area contributed by atoms with Crippen LogP contribution in [0.2, 0.25) is 0 Å². The lowest BCUT2D eigenvalue weighted by Gasteiger charge is -2.06. The second-order valence-corrected chi connectivity index (χ2v) is 8.44. The number of halogens is 1. The molecule has 164 valence electrons. The number of rotatable bonds is 18. The zero-order valence-corrected chi connectivity index (χ0v) is 19.1. The molecule has 0 spiro atoms. The summed E-state index contributed by atoms with van der Waals surface area (Å²) in [6.45, 7) is 2.27. The van der Waals surface area contributed by atoms with E-state index in [1.807, 2.05) is 0 Å². The van der Waals surface area contributed by atoms with Gasteiger partial charge >= 0.3 is 0 Å². The maximum Gasteiger partial charge on any atom is 0.252 e. The molecule has 0 unspecified atom stereocenters. The van der Waals surface area contributed by atoms with Gasteiger partial charge in [0.15, 0.2) is 0 Å². The Hall–Kier alpha value is -1.35. The molecule has 0 aliphatic carbocycles. The van der Waals surface area contributed by atoms with E-state index in [2.05, 4.69) is 12.2 Å². The van der Waals surface area contributed by atoms with E-state index in [1.54, 1.807) is 24.3 Å². The number of anilines is 1. The van der Waals surface area contributed by atoms with E-state index in [4.69, 9.17) is 11.6 Å². The molecular formula is C25H40ClNO2. The summed E-state index contributed by atoms with van der Waals surface area (Å²) in [5.74, 6) is 0.0321. The average Bonchev–Trinajstić information content (AvgIpc) is 2.71. The van der Waals surface area contributed by atoms with Gasteiger partial charge in [0.1, 0.15) is 0 Å². The molecule has 0 atom stereocenters. The topological polar surface area (TPSA) is 46.2 Å². The first kappa shape index (κ1) is 25.7. The van der Waals surface area contributed by atoms with Gasteiger partial charge in [-0.25, -0.2) is 0 Å². The number of amides is 1. The summed E-state index contributed by atoms with van der Waals surface area (Å²) in [4.78, 5) is 23.0. The summed E-state index contributed by atoms with van der Waals surface area (Å²) < 4.78 is 0. The van der Waals surface area contributed by atoms with Crippen molar-refractivity contribution in [2.45, 2.75) is 110 Å². The Morgan fingerprint density at radius 2 is 1.10 bits per heavy atom. The van der Waals surface area contributed by atoms with Crippen LogP contribution in [-0.4, -0.2) is 11.1 Å². The van der Waals surface area contributed by atoms with E-state index in [0.717, 1.165) is 12.8 Å². The summed E-state index contributed by atoms with van der Waals surface area (Å²) in [6, 6.07) is 6.66. The molecular weight excluding hydrogens is 382 g/mol. The Balaban J connectivity index is 1.88. The van der Waals surface area contributed by atoms with E-state index in [1.165, 1.54) is 83.5 Å². The minimum absolute atomic E-state index is 0.0321. The van der Waals surface area contributed by atoms with E-state index in [-0.39, 0.29) is 5.91 Å². The van der Waals surface area contributed by atoms with Gasteiger partial charge in [-0.15, -0.1) is 0 Å². The lowest BCUT2D eigenvalue weighted by atomic mass is 10.0. The van der Waals surface area contributed by atoms with Gasteiger partial charge in [0.25, 0.3) is 5.24 Å². The monoisotopic (exact) mass is 421 g/mol. The van der Waals surface area contributed by atoms with Gasteiger partial charge in [0, 0.05) is 17.7 Å². The third-order valence-corrected chi connectivity index (χ3v) is 5.62. The molecule has 3 nitrogen and oxygen atoms in total. The third kappa shape index (κ3) is 14.3. The van der Waals surface area contributed by atoms with Crippen LogP contribution in [0.15, 0.2) is 24.3 Å². The number of hydrogen-bond donors (Lipinski definition) is 1.